The van der Waals surface area contributed by atoms with E-state index in [4.69, 9.17) is 23.2 Å². The number of anilines is 1. The zero-order valence-electron chi connectivity index (χ0n) is 10.2. The molecule has 7 nitrogen and oxygen atoms in total. The highest BCUT2D eigenvalue weighted by atomic mass is 35.5. The molecule has 0 fully saturated rings. The summed E-state index contributed by atoms with van der Waals surface area (Å²) in [6.07, 6.45) is 1.09. The zero-order valence-corrected chi connectivity index (χ0v) is 11.7. The molecule has 1 aromatic heterocycles. The number of benzene rings is 1. The van der Waals surface area contributed by atoms with Gasteiger partial charge in [-0.15, -0.1) is 0 Å². The molecular weight excluding hydrogens is 321 g/mol. The third-order valence-electron chi connectivity index (χ3n) is 2.46. The summed E-state index contributed by atoms with van der Waals surface area (Å²) < 4.78 is 0. The van der Waals surface area contributed by atoms with Crippen LogP contribution >= 0.6 is 23.2 Å². The van der Waals surface area contributed by atoms with Crippen molar-refractivity contribution in [2.24, 2.45) is 0 Å². The minimum absolute atomic E-state index is 0.0445. The number of amides is 1. The number of nitro groups is 1. The second-order valence-corrected chi connectivity index (χ2v) is 4.75. The van der Waals surface area contributed by atoms with Crippen LogP contribution < -0.4 is 5.32 Å². The smallest absolute Gasteiger partial charge is 0.382 e. The molecule has 0 atom stereocenters. The highest BCUT2D eigenvalue weighted by Crippen LogP contribution is 2.26. The van der Waals surface area contributed by atoms with Crippen molar-refractivity contribution in [2.75, 3.05) is 5.32 Å². The highest BCUT2D eigenvalue weighted by molar-refractivity contribution is 6.32. The van der Waals surface area contributed by atoms with Crippen LogP contribution in [0.2, 0.25) is 10.0 Å². The molecule has 0 unspecified atom stereocenters. The molecule has 1 amide bonds. The predicted molar refractivity (Wildman–Crippen MR) is 77.0 cm³/mol. The Morgan fingerprint density at radius 3 is 2.67 bits per heavy atom. The molecule has 2 N–H and O–H groups in total. The molecule has 0 spiro atoms. The van der Waals surface area contributed by atoms with Crippen LogP contribution in [-0.4, -0.2) is 20.9 Å². The van der Waals surface area contributed by atoms with Gasteiger partial charge in [-0.05, 0) is 34.2 Å². The number of carbonyl (C=O) groups excluding carboxylic acids is 1. The Morgan fingerprint density at radius 2 is 2.05 bits per heavy atom. The second kappa shape index (κ2) is 5.94. The summed E-state index contributed by atoms with van der Waals surface area (Å²) >= 11 is 11.4. The van der Waals surface area contributed by atoms with E-state index in [-0.39, 0.29) is 27.0 Å². The third-order valence-corrected chi connectivity index (χ3v) is 2.97. The van der Waals surface area contributed by atoms with E-state index < -0.39 is 16.6 Å². The number of hydrogen-bond acceptors (Lipinski definition) is 5. The van der Waals surface area contributed by atoms with E-state index in [1.165, 1.54) is 24.3 Å². The van der Waals surface area contributed by atoms with Crippen molar-refractivity contribution in [1.82, 2.24) is 4.98 Å². The van der Waals surface area contributed by atoms with Crippen molar-refractivity contribution in [2.45, 2.75) is 0 Å². The molecule has 0 bridgehead atoms. The molecule has 2 aromatic rings. The largest absolute Gasteiger partial charge is 0.507 e. The van der Waals surface area contributed by atoms with Gasteiger partial charge in [0.1, 0.15) is 10.8 Å². The monoisotopic (exact) mass is 327 g/mol. The lowest BCUT2D eigenvalue weighted by atomic mass is 10.2. The molecular formula is C12H7Cl2N3O4. The van der Waals surface area contributed by atoms with Crippen molar-refractivity contribution in [3.8, 4) is 5.75 Å². The summed E-state index contributed by atoms with van der Waals surface area (Å²) in [5, 5.41) is 22.7. The average Bonchev–Trinajstić information content (AvgIpc) is 2.41. The van der Waals surface area contributed by atoms with Crippen LogP contribution in [0.4, 0.5) is 11.5 Å². The zero-order chi connectivity index (χ0) is 15.6. The Balaban J connectivity index is 2.26. The first-order chi connectivity index (χ1) is 9.88. The standard InChI is InChI=1S/C12H7Cl2N3O4/c13-6-1-2-10(18)8(3-6)12(19)16-7-4-9(14)11(15-5-7)17(20)21/h1-5,18H,(H,16,19). The van der Waals surface area contributed by atoms with Crippen LogP contribution in [0.15, 0.2) is 30.5 Å². The summed E-state index contributed by atoms with van der Waals surface area (Å²) in [6, 6.07) is 5.18. The normalized spacial score (nSPS) is 10.2. The summed E-state index contributed by atoms with van der Waals surface area (Å²) in [4.78, 5) is 25.4. The Labute approximate surface area is 128 Å². The van der Waals surface area contributed by atoms with Gasteiger partial charge in [-0.25, -0.2) is 0 Å². The molecule has 0 aliphatic heterocycles. The Kier molecular flexibility index (Phi) is 4.25. The van der Waals surface area contributed by atoms with Gasteiger partial charge in [0.05, 0.1) is 11.3 Å². The number of phenols is 1. The summed E-state index contributed by atoms with van der Waals surface area (Å²) in [6.45, 7) is 0. The SMILES string of the molecule is O=C(Nc1cnc([N+](=O)[O-])c(Cl)c1)c1cc(Cl)ccc1O. The Hall–Kier alpha value is -2.38. The number of nitrogens with zero attached hydrogens (tertiary/aromatic N) is 2. The highest BCUT2D eigenvalue weighted by Gasteiger charge is 2.17. The van der Waals surface area contributed by atoms with Crippen LogP contribution in [0.1, 0.15) is 10.4 Å². The predicted octanol–water partition coefficient (Wildman–Crippen LogP) is 3.25. The van der Waals surface area contributed by atoms with Gasteiger partial charge < -0.3 is 20.5 Å². The van der Waals surface area contributed by atoms with Gasteiger partial charge in [-0.2, -0.15) is 0 Å². The summed E-state index contributed by atoms with van der Waals surface area (Å²) in [7, 11) is 0. The van der Waals surface area contributed by atoms with E-state index in [1.54, 1.807) is 0 Å². The van der Waals surface area contributed by atoms with Gasteiger partial charge in [-0.1, -0.05) is 23.2 Å². The molecule has 0 aliphatic rings. The lowest BCUT2D eigenvalue weighted by molar-refractivity contribution is -0.389. The fourth-order valence-electron chi connectivity index (χ4n) is 1.52. The van der Waals surface area contributed by atoms with E-state index in [0.29, 0.717) is 0 Å². The Bertz CT molecular complexity index is 736. The van der Waals surface area contributed by atoms with Crippen LogP contribution in [0.5, 0.6) is 5.75 Å². The van der Waals surface area contributed by atoms with Crippen molar-refractivity contribution in [3.63, 3.8) is 0 Å². The van der Waals surface area contributed by atoms with Gasteiger partial charge in [0.15, 0.2) is 6.20 Å². The second-order valence-electron chi connectivity index (χ2n) is 3.90. The van der Waals surface area contributed by atoms with Crippen LogP contribution in [-0.2, 0) is 0 Å². The van der Waals surface area contributed by atoms with Gasteiger partial charge in [-0.3, -0.25) is 4.79 Å². The molecule has 0 radical (unpaired) electrons. The first-order valence-corrected chi connectivity index (χ1v) is 6.24. The molecule has 1 aromatic carbocycles. The van der Waals surface area contributed by atoms with Crippen molar-refractivity contribution < 1.29 is 14.8 Å². The average molecular weight is 328 g/mol. The van der Waals surface area contributed by atoms with Gasteiger partial charge >= 0.3 is 5.82 Å². The number of pyridine rings is 1. The molecule has 0 aliphatic carbocycles. The van der Waals surface area contributed by atoms with Crippen LogP contribution in [0.3, 0.4) is 0 Å². The quantitative estimate of drug-likeness (QED) is 0.664. The van der Waals surface area contributed by atoms with Crippen LogP contribution in [0.25, 0.3) is 0 Å². The van der Waals surface area contributed by atoms with Gasteiger partial charge in [0.25, 0.3) is 5.91 Å². The topological polar surface area (TPSA) is 105 Å². The minimum atomic E-state index is -0.739. The number of hydrogen-bond donors (Lipinski definition) is 2. The Morgan fingerprint density at radius 1 is 1.33 bits per heavy atom. The maximum atomic E-state index is 12.0. The van der Waals surface area contributed by atoms with E-state index in [1.807, 2.05) is 0 Å². The molecule has 108 valence electrons. The summed E-state index contributed by atoms with van der Waals surface area (Å²) in [5.41, 5.74) is 0.104. The van der Waals surface area contributed by atoms with E-state index >= 15 is 0 Å². The number of rotatable bonds is 3. The lowest BCUT2D eigenvalue weighted by Crippen LogP contribution is -2.12. The van der Waals surface area contributed by atoms with E-state index in [9.17, 15) is 20.0 Å². The van der Waals surface area contributed by atoms with Gasteiger partial charge in [0.2, 0.25) is 0 Å². The van der Waals surface area contributed by atoms with Gasteiger partial charge in [0, 0.05) is 5.02 Å². The fourth-order valence-corrected chi connectivity index (χ4v) is 1.93. The number of aromatic hydroxyl groups is 1. The minimum Gasteiger partial charge on any atom is -0.507 e. The maximum Gasteiger partial charge on any atom is 0.382 e. The molecule has 0 saturated heterocycles. The van der Waals surface area contributed by atoms with Crippen LogP contribution in [0, 0.1) is 10.1 Å². The third kappa shape index (κ3) is 3.39. The molecule has 0 saturated carbocycles. The van der Waals surface area contributed by atoms with Crippen molar-refractivity contribution in [3.05, 3.63) is 56.2 Å². The number of halogens is 2. The summed E-state index contributed by atoms with van der Waals surface area (Å²) in [5.74, 6) is -1.42. The van der Waals surface area contributed by atoms with Crippen molar-refractivity contribution >= 4 is 40.6 Å². The lowest BCUT2D eigenvalue weighted by Gasteiger charge is -2.06. The first-order valence-electron chi connectivity index (χ1n) is 5.48. The molecule has 1 heterocycles. The fraction of sp³-hybridized carbons (Fsp3) is 0. The maximum absolute atomic E-state index is 12.0. The first kappa shape index (κ1) is 15.0. The number of phenolic OH excluding ortho intramolecular Hbond substituents is 1. The number of carbonyl (C=O) groups is 1. The number of aromatic nitrogens is 1. The van der Waals surface area contributed by atoms with Crippen molar-refractivity contribution in [1.29, 1.82) is 0 Å². The molecule has 9 heteroatoms. The molecule has 21 heavy (non-hydrogen) atoms. The van der Waals surface area contributed by atoms with E-state index in [0.717, 1.165) is 6.20 Å². The molecule has 2 rings (SSSR count). The van der Waals surface area contributed by atoms with E-state index in [2.05, 4.69) is 10.3 Å². The number of nitrogens with one attached hydrogen (secondary N) is 1.